The van der Waals surface area contributed by atoms with E-state index in [9.17, 15) is 5.11 Å². The summed E-state index contributed by atoms with van der Waals surface area (Å²) in [7, 11) is 0. The lowest BCUT2D eigenvalue weighted by molar-refractivity contribution is -0.0338. The highest BCUT2D eigenvalue weighted by molar-refractivity contribution is 4.94. The van der Waals surface area contributed by atoms with Crippen molar-refractivity contribution in [3.8, 4) is 0 Å². The van der Waals surface area contributed by atoms with Crippen LogP contribution in [0.4, 0.5) is 0 Å². The van der Waals surface area contributed by atoms with Crippen molar-refractivity contribution in [2.75, 3.05) is 13.1 Å². The van der Waals surface area contributed by atoms with Gasteiger partial charge in [0.1, 0.15) is 0 Å². The van der Waals surface area contributed by atoms with Crippen molar-refractivity contribution in [1.29, 1.82) is 0 Å². The van der Waals surface area contributed by atoms with E-state index in [1.807, 2.05) is 0 Å². The second kappa shape index (κ2) is 4.55. The molecule has 0 atom stereocenters. The topological polar surface area (TPSA) is 23.5 Å². The Labute approximate surface area is 105 Å². The zero-order valence-corrected chi connectivity index (χ0v) is 11.2. The lowest BCUT2D eigenvalue weighted by atomic mass is 9.65. The minimum Gasteiger partial charge on any atom is -0.393 e. The van der Waals surface area contributed by atoms with Crippen LogP contribution in [-0.2, 0) is 0 Å². The van der Waals surface area contributed by atoms with Gasteiger partial charge < -0.3 is 10.0 Å². The van der Waals surface area contributed by atoms with Gasteiger partial charge in [0, 0.05) is 6.04 Å². The van der Waals surface area contributed by atoms with E-state index in [0.29, 0.717) is 11.5 Å². The van der Waals surface area contributed by atoms with Crippen molar-refractivity contribution in [2.45, 2.75) is 70.4 Å². The second-order valence-corrected chi connectivity index (χ2v) is 7.00. The van der Waals surface area contributed by atoms with Crippen LogP contribution in [0.5, 0.6) is 0 Å². The Morgan fingerprint density at radius 2 is 1.59 bits per heavy atom. The molecular formula is C15H27NO. The van der Waals surface area contributed by atoms with Gasteiger partial charge in [-0.1, -0.05) is 19.8 Å². The highest BCUT2D eigenvalue weighted by Crippen LogP contribution is 2.47. The molecule has 17 heavy (non-hydrogen) atoms. The molecule has 0 radical (unpaired) electrons. The largest absolute Gasteiger partial charge is 0.393 e. The van der Waals surface area contributed by atoms with Gasteiger partial charge in [-0.2, -0.15) is 0 Å². The zero-order valence-electron chi connectivity index (χ0n) is 11.2. The van der Waals surface area contributed by atoms with E-state index in [0.717, 1.165) is 18.8 Å². The molecule has 1 saturated heterocycles. The summed E-state index contributed by atoms with van der Waals surface area (Å²) in [5.41, 5.74) is 0.714. The first-order valence-corrected chi connectivity index (χ1v) is 7.59. The van der Waals surface area contributed by atoms with Crippen LogP contribution in [0.25, 0.3) is 0 Å². The second-order valence-electron chi connectivity index (χ2n) is 7.00. The summed E-state index contributed by atoms with van der Waals surface area (Å²) < 4.78 is 0. The summed E-state index contributed by atoms with van der Waals surface area (Å²) in [6, 6.07) is 0.713. The van der Waals surface area contributed by atoms with Crippen molar-refractivity contribution < 1.29 is 5.11 Å². The Morgan fingerprint density at radius 3 is 2.12 bits per heavy atom. The van der Waals surface area contributed by atoms with Crippen molar-refractivity contribution in [2.24, 2.45) is 11.3 Å². The fourth-order valence-electron chi connectivity index (χ4n) is 4.10. The first kappa shape index (κ1) is 12.0. The Morgan fingerprint density at radius 1 is 1.00 bits per heavy atom. The molecule has 2 heteroatoms. The van der Waals surface area contributed by atoms with E-state index in [2.05, 4.69) is 11.8 Å². The molecule has 2 nitrogen and oxygen atoms in total. The average Bonchev–Trinajstić information content (AvgIpc) is 2.31. The molecule has 2 aliphatic carbocycles. The van der Waals surface area contributed by atoms with E-state index in [1.54, 1.807) is 0 Å². The third-order valence-electron chi connectivity index (χ3n) is 5.80. The van der Waals surface area contributed by atoms with E-state index < -0.39 is 0 Å². The molecule has 98 valence electrons. The fourth-order valence-corrected chi connectivity index (χ4v) is 4.10. The highest BCUT2D eigenvalue weighted by Gasteiger charge is 2.40. The monoisotopic (exact) mass is 237 g/mol. The van der Waals surface area contributed by atoms with Crippen LogP contribution in [0.2, 0.25) is 0 Å². The summed E-state index contributed by atoms with van der Waals surface area (Å²) in [6.07, 6.45) is 10.8. The predicted octanol–water partition coefficient (Wildman–Crippen LogP) is 2.80. The maximum absolute atomic E-state index is 9.39. The maximum atomic E-state index is 9.39. The number of hydrogen-bond acceptors (Lipinski definition) is 2. The highest BCUT2D eigenvalue weighted by atomic mass is 16.3. The van der Waals surface area contributed by atoms with Crippen LogP contribution < -0.4 is 0 Å². The standard InChI is InChI=1S/C15H27NO/c1-12-2-4-15(5-3-12)6-8-16(9-7-15)13-10-14(17)11-13/h12-14,17H,2-11H2,1H3. The van der Waals surface area contributed by atoms with Gasteiger partial charge in [-0.3, -0.25) is 0 Å². The Hall–Kier alpha value is -0.0800. The van der Waals surface area contributed by atoms with Gasteiger partial charge in [0.2, 0.25) is 0 Å². The van der Waals surface area contributed by atoms with Crippen LogP contribution in [0, 0.1) is 11.3 Å². The fraction of sp³-hybridized carbons (Fsp3) is 1.00. The Bertz CT molecular complexity index is 254. The third-order valence-corrected chi connectivity index (χ3v) is 5.80. The number of aliphatic hydroxyl groups is 1. The Balaban J connectivity index is 1.50. The van der Waals surface area contributed by atoms with Crippen molar-refractivity contribution >= 4 is 0 Å². The van der Waals surface area contributed by atoms with E-state index >= 15 is 0 Å². The lowest BCUT2D eigenvalue weighted by Crippen LogP contribution is -2.52. The molecule has 0 bridgehead atoms. The summed E-state index contributed by atoms with van der Waals surface area (Å²) in [6.45, 7) is 5.01. The SMILES string of the molecule is CC1CCC2(CC1)CCN(C1CC(O)C1)CC2. The number of hydrogen-bond donors (Lipinski definition) is 1. The van der Waals surface area contributed by atoms with Crippen LogP contribution in [-0.4, -0.2) is 35.2 Å². The number of aliphatic hydroxyl groups excluding tert-OH is 1. The van der Waals surface area contributed by atoms with E-state index in [-0.39, 0.29) is 6.10 Å². The van der Waals surface area contributed by atoms with Gasteiger partial charge in [0.15, 0.2) is 0 Å². The first-order chi connectivity index (χ1) is 8.17. The lowest BCUT2D eigenvalue weighted by Gasteiger charge is -2.50. The number of piperidine rings is 1. The number of rotatable bonds is 1. The molecular weight excluding hydrogens is 210 g/mol. The summed E-state index contributed by atoms with van der Waals surface area (Å²) in [5, 5.41) is 9.39. The van der Waals surface area contributed by atoms with Gasteiger partial charge in [0.25, 0.3) is 0 Å². The van der Waals surface area contributed by atoms with Crippen molar-refractivity contribution in [3.05, 3.63) is 0 Å². The maximum Gasteiger partial charge on any atom is 0.0570 e. The molecule has 0 amide bonds. The van der Waals surface area contributed by atoms with E-state index in [1.165, 1.54) is 51.6 Å². The molecule has 1 spiro atoms. The molecule has 0 unspecified atom stereocenters. The quantitative estimate of drug-likeness (QED) is 0.758. The van der Waals surface area contributed by atoms with Gasteiger partial charge in [-0.05, 0) is 62.9 Å². The number of likely N-dealkylation sites (tertiary alicyclic amines) is 1. The van der Waals surface area contributed by atoms with Gasteiger partial charge >= 0.3 is 0 Å². The van der Waals surface area contributed by atoms with E-state index in [4.69, 9.17) is 0 Å². The minimum absolute atomic E-state index is 0.00594. The van der Waals surface area contributed by atoms with Crippen LogP contribution in [0.1, 0.15) is 58.3 Å². The Kier molecular flexibility index (Phi) is 3.20. The predicted molar refractivity (Wildman–Crippen MR) is 69.9 cm³/mol. The first-order valence-electron chi connectivity index (χ1n) is 7.59. The molecule has 3 rings (SSSR count). The minimum atomic E-state index is 0.00594. The smallest absolute Gasteiger partial charge is 0.0570 e. The van der Waals surface area contributed by atoms with Gasteiger partial charge in [-0.25, -0.2) is 0 Å². The summed E-state index contributed by atoms with van der Waals surface area (Å²) >= 11 is 0. The molecule has 2 saturated carbocycles. The molecule has 0 aromatic heterocycles. The normalized spacial score (nSPS) is 39.2. The molecule has 0 aromatic carbocycles. The molecule has 3 aliphatic rings. The van der Waals surface area contributed by atoms with Crippen LogP contribution in [0.3, 0.4) is 0 Å². The van der Waals surface area contributed by atoms with Gasteiger partial charge in [-0.15, -0.1) is 0 Å². The average molecular weight is 237 g/mol. The third kappa shape index (κ3) is 2.39. The molecule has 1 aliphatic heterocycles. The van der Waals surface area contributed by atoms with Crippen molar-refractivity contribution in [1.82, 2.24) is 4.90 Å². The summed E-state index contributed by atoms with van der Waals surface area (Å²) in [4.78, 5) is 2.65. The van der Waals surface area contributed by atoms with Crippen molar-refractivity contribution in [3.63, 3.8) is 0 Å². The molecule has 1 N–H and O–H groups in total. The van der Waals surface area contributed by atoms with Crippen LogP contribution >= 0.6 is 0 Å². The molecule has 1 heterocycles. The zero-order chi connectivity index (χ0) is 11.9. The molecule has 0 aromatic rings. The molecule has 3 fully saturated rings. The van der Waals surface area contributed by atoms with Gasteiger partial charge in [0.05, 0.1) is 6.10 Å². The number of nitrogens with zero attached hydrogens (tertiary/aromatic N) is 1. The summed E-state index contributed by atoms with van der Waals surface area (Å²) in [5.74, 6) is 0.973. The van der Waals surface area contributed by atoms with Crippen LogP contribution in [0.15, 0.2) is 0 Å².